The zero-order valence-electron chi connectivity index (χ0n) is 13.2. The van der Waals surface area contributed by atoms with Crippen LogP contribution in [0.25, 0.3) is 0 Å². The van der Waals surface area contributed by atoms with Gasteiger partial charge in [-0.2, -0.15) is 0 Å². The quantitative estimate of drug-likeness (QED) is 0.939. The Morgan fingerprint density at radius 3 is 2.79 bits per heavy atom. The fraction of sp³-hybridized carbons (Fsp3) is 0.294. The highest BCUT2D eigenvalue weighted by Gasteiger charge is 2.25. The number of carbonyl (C=O) groups excluding carboxylic acids is 1. The summed E-state index contributed by atoms with van der Waals surface area (Å²) in [5, 5.41) is 2.80. The van der Waals surface area contributed by atoms with E-state index in [1.807, 2.05) is 0 Å². The van der Waals surface area contributed by atoms with Gasteiger partial charge in [-0.05, 0) is 23.8 Å². The van der Waals surface area contributed by atoms with E-state index < -0.39 is 0 Å². The molecule has 1 atom stereocenters. The summed E-state index contributed by atoms with van der Waals surface area (Å²) in [4.78, 5) is 18.1. The Bertz CT molecular complexity index is 691. The van der Waals surface area contributed by atoms with Gasteiger partial charge in [-0.1, -0.05) is 12.1 Å². The van der Waals surface area contributed by atoms with Crippen molar-refractivity contribution in [2.45, 2.75) is 6.10 Å². The van der Waals surface area contributed by atoms with Crippen LogP contribution in [0.5, 0.6) is 5.88 Å². The van der Waals surface area contributed by atoms with Crippen molar-refractivity contribution in [2.24, 2.45) is 0 Å². The zero-order valence-corrected chi connectivity index (χ0v) is 13.2. The molecular weight excluding hydrogens is 313 g/mol. The largest absolute Gasteiger partial charge is 0.481 e. The van der Waals surface area contributed by atoms with E-state index in [0.29, 0.717) is 31.3 Å². The van der Waals surface area contributed by atoms with Gasteiger partial charge in [-0.15, -0.1) is 0 Å². The number of anilines is 1. The van der Waals surface area contributed by atoms with Crippen molar-refractivity contribution in [2.75, 3.05) is 32.1 Å². The van der Waals surface area contributed by atoms with Crippen LogP contribution in [0.1, 0.15) is 11.7 Å². The average Bonchev–Trinajstić information content (AvgIpc) is 2.63. The lowest BCUT2D eigenvalue weighted by Crippen LogP contribution is -2.44. The summed E-state index contributed by atoms with van der Waals surface area (Å²) in [6.07, 6.45) is 1.27. The number of amides is 2. The summed E-state index contributed by atoms with van der Waals surface area (Å²) < 4.78 is 23.7. The SMILES string of the molecule is COc1ccc(NC(=O)N2CCO[C@H](c3ccc(F)cc3)C2)cn1. The van der Waals surface area contributed by atoms with E-state index in [9.17, 15) is 9.18 Å². The Morgan fingerprint density at radius 2 is 2.12 bits per heavy atom. The van der Waals surface area contributed by atoms with Gasteiger partial charge in [-0.3, -0.25) is 0 Å². The highest BCUT2D eigenvalue weighted by atomic mass is 19.1. The molecule has 126 valence electrons. The summed E-state index contributed by atoms with van der Waals surface area (Å²) in [5.41, 5.74) is 1.44. The van der Waals surface area contributed by atoms with Crippen LogP contribution in [0.15, 0.2) is 42.6 Å². The van der Waals surface area contributed by atoms with Crippen molar-refractivity contribution in [3.8, 4) is 5.88 Å². The molecule has 7 heteroatoms. The first-order valence-electron chi connectivity index (χ1n) is 7.59. The third kappa shape index (κ3) is 3.80. The summed E-state index contributed by atoms with van der Waals surface area (Å²) in [6, 6.07) is 9.31. The predicted molar refractivity (Wildman–Crippen MR) is 86.5 cm³/mol. The number of methoxy groups -OCH3 is 1. The number of hydrogen-bond acceptors (Lipinski definition) is 4. The van der Waals surface area contributed by atoms with Crippen LogP contribution in [0.4, 0.5) is 14.9 Å². The first-order valence-corrected chi connectivity index (χ1v) is 7.59. The molecule has 1 fully saturated rings. The van der Waals surface area contributed by atoms with Crippen LogP contribution in [-0.2, 0) is 4.74 Å². The first kappa shape index (κ1) is 16.2. The number of nitrogens with zero attached hydrogens (tertiary/aromatic N) is 2. The number of ether oxygens (including phenoxy) is 2. The van der Waals surface area contributed by atoms with Crippen LogP contribution in [0.3, 0.4) is 0 Å². The molecule has 1 aromatic carbocycles. The molecule has 0 unspecified atom stereocenters. The van der Waals surface area contributed by atoms with Gasteiger partial charge in [0.05, 0.1) is 32.1 Å². The number of aromatic nitrogens is 1. The Kier molecular flexibility index (Phi) is 4.90. The molecule has 2 heterocycles. The average molecular weight is 331 g/mol. The highest BCUT2D eigenvalue weighted by molar-refractivity contribution is 5.89. The smallest absolute Gasteiger partial charge is 0.322 e. The maximum atomic E-state index is 13.0. The van der Waals surface area contributed by atoms with Crippen LogP contribution in [-0.4, -0.2) is 42.7 Å². The number of nitrogens with one attached hydrogen (secondary N) is 1. The number of pyridine rings is 1. The summed E-state index contributed by atoms with van der Waals surface area (Å²) >= 11 is 0. The second-order valence-corrected chi connectivity index (χ2v) is 5.38. The van der Waals surface area contributed by atoms with E-state index >= 15 is 0 Å². The normalized spacial score (nSPS) is 17.4. The van der Waals surface area contributed by atoms with E-state index in [2.05, 4.69) is 10.3 Å². The van der Waals surface area contributed by atoms with Crippen molar-refractivity contribution in [3.63, 3.8) is 0 Å². The van der Waals surface area contributed by atoms with Gasteiger partial charge < -0.3 is 19.7 Å². The lowest BCUT2D eigenvalue weighted by atomic mass is 10.1. The molecule has 1 N–H and O–H groups in total. The molecule has 6 nitrogen and oxygen atoms in total. The van der Waals surface area contributed by atoms with Gasteiger partial charge in [0.15, 0.2) is 0 Å². The first-order chi connectivity index (χ1) is 11.7. The third-order valence-electron chi connectivity index (χ3n) is 3.79. The molecule has 3 rings (SSSR count). The van der Waals surface area contributed by atoms with Crippen molar-refractivity contribution < 1.29 is 18.7 Å². The van der Waals surface area contributed by atoms with Crippen molar-refractivity contribution in [1.29, 1.82) is 0 Å². The Labute approximate surface area is 139 Å². The number of halogens is 1. The zero-order chi connectivity index (χ0) is 16.9. The Morgan fingerprint density at radius 1 is 1.33 bits per heavy atom. The molecule has 2 amide bonds. The minimum atomic E-state index is -0.295. The third-order valence-corrected chi connectivity index (χ3v) is 3.79. The molecule has 1 aliphatic heterocycles. The second-order valence-electron chi connectivity index (χ2n) is 5.38. The molecule has 2 aromatic rings. The van der Waals surface area contributed by atoms with Crippen LogP contribution >= 0.6 is 0 Å². The van der Waals surface area contributed by atoms with E-state index in [1.165, 1.54) is 25.4 Å². The van der Waals surface area contributed by atoms with Crippen molar-refractivity contribution in [3.05, 3.63) is 54.0 Å². The van der Waals surface area contributed by atoms with Gasteiger partial charge in [0.1, 0.15) is 11.9 Å². The maximum absolute atomic E-state index is 13.0. The van der Waals surface area contributed by atoms with Gasteiger partial charge in [0.2, 0.25) is 5.88 Å². The molecule has 24 heavy (non-hydrogen) atoms. The molecule has 1 aliphatic rings. The van der Waals surface area contributed by atoms with Gasteiger partial charge >= 0.3 is 6.03 Å². The number of morpholine rings is 1. The number of carbonyl (C=O) groups is 1. The number of hydrogen-bond donors (Lipinski definition) is 1. The predicted octanol–water partition coefficient (Wildman–Crippen LogP) is 2.83. The van der Waals surface area contributed by atoms with Crippen molar-refractivity contribution >= 4 is 11.7 Å². The van der Waals surface area contributed by atoms with E-state index in [-0.39, 0.29) is 18.0 Å². The van der Waals surface area contributed by atoms with E-state index in [0.717, 1.165) is 5.56 Å². The minimum absolute atomic E-state index is 0.225. The lowest BCUT2D eigenvalue weighted by Gasteiger charge is -2.33. The monoisotopic (exact) mass is 331 g/mol. The lowest BCUT2D eigenvalue weighted by molar-refractivity contribution is -0.0135. The molecule has 0 radical (unpaired) electrons. The van der Waals surface area contributed by atoms with E-state index in [1.54, 1.807) is 29.2 Å². The summed E-state index contributed by atoms with van der Waals surface area (Å²) in [7, 11) is 1.53. The molecule has 0 aliphatic carbocycles. The van der Waals surface area contributed by atoms with Gasteiger partial charge in [0, 0.05) is 12.6 Å². The van der Waals surface area contributed by atoms with Crippen LogP contribution < -0.4 is 10.1 Å². The molecule has 0 bridgehead atoms. The van der Waals surface area contributed by atoms with Crippen molar-refractivity contribution in [1.82, 2.24) is 9.88 Å². The number of benzene rings is 1. The number of urea groups is 1. The fourth-order valence-electron chi connectivity index (χ4n) is 2.49. The molecule has 0 spiro atoms. The Hall–Kier alpha value is -2.67. The minimum Gasteiger partial charge on any atom is -0.481 e. The van der Waals surface area contributed by atoms with E-state index in [4.69, 9.17) is 9.47 Å². The number of rotatable bonds is 3. The molecule has 1 saturated heterocycles. The Balaban J connectivity index is 1.63. The standard InChI is InChI=1S/C17H18FN3O3/c1-23-16-7-6-14(10-19-16)20-17(22)21-8-9-24-15(11-21)12-2-4-13(18)5-3-12/h2-7,10,15H,8-9,11H2,1H3,(H,20,22)/t15-/m0/s1. The highest BCUT2D eigenvalue weighted by Crippen LogP contribution is 2.23. The summed E-state index contributed by atoms with van der Waals surface area (Å²) in [5.74, 6) is 0.187. The molecular formula is C17H18FN3O3. The molecule has 1 aromatic heterocycles. The van der Waals surface area contributed by atoms with Crippen LogP contribution in [0, 0.1) is 5.82 Å². The van der Waals surface area contributed by atoms with Gasteiger partial charge in [-0.25, -0.2) is 14.2 Å². The maximum Gasteiger partial charge on any atom is 0.322 e. The van der Waals surface area contributed by atoms with Crippen LogP contribution in [0.2, 0.25) is 0 Å². The van der Waals surface area contributed by atoms with Gasteiger partial charge in [0.25, 0.3) is 0 Å². The fourth-order valence-corrected chi connectivity index (χ4v) is 2.49. The second kappa shape index (κ2) is 7.27. The summed E-state index contributed by atoms with van der Waals surface area (Å²) in [6.45, 7) is 1.32. The topological polar surface area (TPSA) is 63.7 Å². The molecule has 0 saturated carbocycles.